The first-order chi connectivity index (χ1) is 8.58. The second-order valence-electron chi connectivity index (χ2n) is 3.41. The van der Waals surface area contributed by atoms with E-state index in [0.717, 1.165) is 0 Å². The fourth-order valence-corrected chi connectivity index (χ4v) is 1.55. The summed E-state index contributed by atoms with van der Waals surface area (Å²) in [6, 6.07) is 6.36. The summed E-state index contributed by atoms with van der Waals surface area (Å²) < 4.78 is 0. The third-order valence-corrected chi connectivity index (χ3v) is 2.68. The standard InChI is InChI=1S/C12H6Cl2N2O2/c13-11(17)7-1-3-9(15-5-7)10-4-2-8(6-16-10)12(14)18/h1-6H. The number of carbonyl (C=O) groups excluding carboxylic acids is 2. The summed E-state index contributed by atoms with van der Waals surface area (Å²) in [5, 5.41) is -1.13. The van der Waals surface area contributed by atoms with Gasteiger partial charge in [0.2, 0.25) is 0 Å². The maximum atomic E-state index is 10.9. The first-order valence-electron chi connectivity index (χ1n) is 4.90. The number of aromatic nitrogens is 2. The third kappa shape index (κ3) is 2.72. The predicted octanol–water partition coefficient (Wildman–Crippen LogP) is 2.90. The van der Waals surface area contributed by atoms with Crippen molar-refractivity contribution >= 4 is 33.7 Å². The van der Waals surface area contributed by atoms with Crippen LogP contribution >= 0.6 is 23.2 Å². The van der Waals surface area contributed by atoms with Crippen LogP contribution < -0.4 is 0 Å². The minimum absolute atomic E-state index is 0.313. The minimum Gasteiger partial charge on any atom is -0.276 e. The average Bonchev–Trinajstić information content (AvgIpc) is 2.39. The van der Waals surface area contributed by atoms with E-state index in [9.17, 15) is 9.59 Å². The average molecular weight is 281 g/mol. The van der Waals surface area contributed by atoms with Gasteiger partial charge in [0, 0.05) is 12.4 Å². The molecule has 4 nitrogen and oxygen atoms in total. The molecule has 18 heavy (non-hydrogen) atoms. The molecule has 0 saturated carbocycles. The van der Waals surface area contributed by atoms with E-state index in [-0.39, 0.29) is 0 Å². The molecule has 2 aromatic heterocycles. The van der Waals surface area contributed by atoms with Crippen molar-refractivity contribution < 1.29 is 9.59 Å². The molecule has 0 unspecified atom stereocenters. The van der Waals surface area contributed by atoms with Crippen molar-refractivity contribution in [2.75, 3.05) is 0 Å². The Labute approximate surface area is 113 Å². The van der Waals surface area contributed by atoms with E-state index in [1.807, 2.05) is 0 Å². The van der Waals surface area contributed by atoms with Gasteiger partial charge >= 0.3 is 0 Å². The lowest BCUT2D eigenvalue weighted by atomic mass is 10.2. The Morgan fingerprint density at radius 1 is 0.778 bits per heavy atom. The van der Waals surface area contributed by atoms with Crippen molar-refractivity contribution in [1.82, 2.24) is 9.97 Å². The number of hydrogen-bond donors (Lipinski definition) is 0. The van der Waals surface area contributed by atoms with Crippen LogP contribution in [0.3, 0.4) is 0 Å². The van der Waals surface area contributed by atoms with Gasteiger partial charge in [-0.1, -0.05) is 0 Å². The fraction of sp³-hybridized carbons (Fsp3) is 0. The molecule has 0 atom stereocenters. The molecule has 0 aliphatic carbocycles. The summed E-state index contributed by atoms with van der Waals surface area (Å²) in [6.45, 7) is 0. The second-order valence-corrected chi connectivity index (χ2v) is 4.10. The van der Waals surface area contributed by atoms with Crippen LogP contribution in [0.4, 0.5) is 0 Å². The van der Waals surface area contributed by atoms with Crippen molar-refractivity contribution in [2.45, 2.75) is 0 Å². The molecule has 2 rings (SSSR count). The van der Waals surface area contributed by atoms with Crippen molar-refractivity contribution in [3.05, 3.63) is 47.8 Å². The van der Waals surface area contributed by atoms with Crippen LogP contribution in [-0.2, 0) is 0 Å². The second kappa shape index (κ2) is 5.25. The molecule has 2 aromatic rings. The third-order valence-electron chi connectivity index (χ3n) is 2.24. The molecule has 0 aromatic carbocycles. The van der Waals surface area contributed by atoms with E-state index in [1.165, 1.54) is 12.4 Å². The molecular formula is C12H6Cl2N2O2. The number of pyridine rings is 2. The topological polar surface area (TPSA) is 59.9 Å². The molecule has 90 valence electrons. The first kappa shape index (κ1) is 12.7. The molecule has 0 saturated heterocycles. The number of carbonyl (C=O) groups is 2. The van der Waals surface area contributed by atoms with Gasteiger partial charge in [-0.2, -0.15) is 0 Å². The summed E-state index contributed by atoms with van der Waals surface area (Å²) >= 11 is 10.6. The molecule has 0 fully saturated rings. The zero-order valence-electron chi connectivity index (χ0n) is 8.93. The van der Waals surface area contributed by atoms with Crippen LogP contribution in [-0.4, -0.2) is 20.5 Å². The van der Waals surface area contributed by atoms with Gasteiger partial charge in [-0.05, 0) is 47.5 Å². The maximum Gasteiger partial charge on any atom is 0.253 e. The fourth-order valence-electron chi connectivity index (χ4n) is 1.32. The van der Waals surface area contributed by atoms with E-state index >= 15 is 0 Å². The molecule has 0 amide bonds. The molecular weight excluding hydrogens is 275 g/mol. The van der Waals surface area contributed by atoms with Gasteiger partial charge in [-0.3, -0.25) is 19.6 Å². The summed E-state index contributed by atoms with van der Waals surface area (Å²) in [6.07, 6.45) is 2.74. The molecule has 0 aliphatic rings. The number of rotatable bonds is 3. The lowest BCUT2D eigenvalue weighted by Gasteiger charge is -2.01. The summed E-state index contributed by atoms with van der Waals surface area (Å²) in [4.78, 5) is 29.9. The van der Waals surface area contributed by atoms with E-state index in [2.05, 4.69) is 9.97 Å². The normalized spacial score (nSPS) is 10.1. The lowest BCUT2D eigenvalue weighted by molar-refractivity contribution is 0.107. The van der Waals surface area contributed by atoms with Crippen LogP contribution in [0.25, 0.3) is 11.4 Å². The molecule has 0 aliphatic heterocycles. The van der Waals surface area contributed by atoms with Crippen LogP contribution in [0.2, 0.25) is 0 Å². The highest BCUT2D eigenvalue weighted by molar-refractivity contribution is 6.68. The summed E-state index contributed by atoms with van der Waals surface area (Å²) in [5.41, 5.74) is 1.77. The molecule has 0 radical (unpaired) electrons. The van der Waals surface area contributed by atoms with Gasteiger partial charge in [-0.25, -0.2) is 0 Å². The van der Waals surface area contributed by atoms with Gasteiger partial charge in [-0.15, -0.1) is 0 Å². The Morgan fingerprint density at radius 2 is 1.17 bits per heavy atom. The Bertz CT molecular complexity index is 539. The van der Waals surface area contributed by atoms with Crippen molar-refractivity contribution in [3.63, 3.8) is 0 Å². The molecule has 2 heterocycles. The highest BCUT2D eigenvalue weighted by Gasteiger charge is 2.06. The molecule has 0 bridgehead atoms. The predicted molar refractivity (Wildman–Crippen MR) is 67.8 cm³/mol. The molecule has 0 N–H and O–H groups in total. The van der Waals surface area contributed by atoms with Gasteiger partial charge in [0.15, 0.2) is 0 Å². The Balaban J connectivity index is 2.31. The van der Waals surface area contributed by atoms with Crippen LogP contribution in [0, 0.1) is 0 Å². The SMILES string of the molecule is O=C(Cl)c1ccc(-c2ccc(C(=O)Cl)cn2)nc1. The highest BCUT2D eigenvalue weighted by atomic mass is 35.5. The van der Waals surface area contributed by atoms with Gasteiger partial charge in [0.25, 0.3) is 10.5 Å². The van der Waals surface area contributed by atoms with E-state index in [1.54, 1.807) is 24.3 Å². The van der Waals surface area contributed by atoms with Crippen LogP contribution in [0.5, 0.6) is 0 Å². The monoisotopic (exact) mass is 280 g/mol. The summed E-state index contributed by atoms with van der Waals surface area (Å²) in [5.74, 6) is 0. The highest BCUT2D eigenvalue weighted by Crippen LogP contribution is 2.16. The lowest BCUT2D eigenvalue weighted by Crippen LogP contribution is -1.94. The van der Waals surface area contributed by atoms with E-state index < -0.39 is 10.5 Å². The largest absolute Gasteiger partial charge is 0.276 e. The van der Waals surface area contributed by atoms with Crippen molar-refractivity contribution in [1.29, 1.82) is 0 Å². The maximum absolute atomic E-state index is 10.9. The van der Waals surface area contributed by atoms with E-state index in [0.29, 0.717) is 22.5 Å². The van der Waals surface area contributed by atoms with Crippen molar-refractivity contribution in [2.24, 2.45) is 0 Å². The van der Waals surface area contributed by atoms with Crippen LogP contribution in [0.15, 0.2) is 36.7 Å². The van der Waals surface area contributed by atoms with Gasteiger partial charge < -0.3 is 0 Å². The number of nitrogens with zero attached hydrogens (tertiary/aromatic N) is 2. The van der Waals surface area contributed by atoms with Crippen LogP contribution in [0.1, 0.15) is 20.7 Å². The zero-order valence-corrected chi connectivity index (χ0v) is 10.4. The molecule has 0 spiro atoms. The number of hydrogen-bond acceptors (Lipinski definition) is 4. The van der Waals surface area contributed by atoms with Gasteiger partial charge in [0.1, 0.15) is 0 Å². The Hall–Kier alpha value is -1.78. The Morgan fingerprint density at radius 3 is 1.39 bits per heavy atom. The minimum atomic E-state index is -0.565. The summed E-state index contributed by atoms with van der Waals surface area (Å²) in [7, 11) is 0. The van der Waals surface area contributed by atoms with Gasteiger partial charge in [0.05, 0.1) is 22.5 Å². The quantitative estimate of drug-likeness (QED) is 0.811. The van der Waals surface area contributed by atoms with Crippen molar-refractivity contribution in [3.8, 4) is 11.4 Å². The Kier molecular flexibility index (Phi) is 3.69. The first-order valence-corrected chi connectivity index (χ1v) is 5.65. The zero-order chi connectivity index (χ0) is 13.1. The van der Waals surface area contributed by atoms with E-state index in [4.69, 9.17) is 23.2 Å². The number of halogens is 2. The molecule has 6 heteroatoms. The smallest absolute Gasteiger partial charge is 0.253 e.